The molecule has 110 valence electrons. The standard InChI is InChI=1S/C13H17Br2N3O2/c14-10-1-2-12(11(15)9-10)17-13(19)16-3-4-18-5-7-20-8-6-18/h1-2,9H,3-8H2,(H2,16,17,19). The van der Waals surface area contributed by atoms with E-state index >= 15 is 0 Å². The van der Waals surface area contributed by atoms with E-state index < -0.39 is 0 Å². The van der Waals surface area contributed by atoms with Gasteiger partial charge in [-0.05, 0) is 34.1 Å². The Kier molecular flexibility index (Phi) is 6.28. The Hall–Kier alpha value is -0.630. The first-order valence-corrected chi connectivity index (χ1v) is 8.04. The first-order valence-electron chi connectivity index (χ1n) is 6.45. The Labute approximate surface area is 135 Å². The van der Waals surface area contributed by atoms with Crippen LogP contribution in [-0.4, -0.2) is 50.3 Å². The minimum Gasteiger partial charge on any atom is -0.379 e. The second-order valence-electron chi connectivity index (χ2n) is 4.46. The molecule has 2 N–H and O–H groups in total. The molecule has 0 atom stereocenters. The van der Waals surface area contributed by atoms with Crippen molar-refractivity contribution in [2.45, 2.75) is 0 Å². The molecule has 2 amide bonds. The van der Waals surface area contributed by atoms with E-state index in [0.717, 1.165) is 47.5 Å². The van der Waals surface area contributed by atoms with Gasteiger partial charge in [-0.15, -0.1) is 0 Å². The number of nitrogens with one attached hydrogen (secondary N) is 2. The first-order chi connectivity index (χ1) is 9.65. The predicted molar refractivity (Wildman–Crippen MR) is 86.1 cm³/mol. The summed E-state index contributed by atoms with van der Waals surface area (Å²) in [5.74, 6) is 0. The van der Waals surface area contributed by atoms with Gasteiger partial charge in [0.2, 0.25) is 0 Å². The van der Waals surface area contributed by atoms with E-state index in [1.807, 2.05) is 18.2 Å². The maximum atomic E-state index is 11.8. The van der Waals surface area contributed by atoms with E-state index in [0.29, 0.717) is 6.54 Å². The Morgan fingerprint density at radius 1 is 1.30 bits per heavy atom. The number of anilines is 1. The molecule has 1 fully saturated rings. The molecular formula is C13H17Br2N3O2. The summed E-state index contributed by atoms with van der Waals surface area (Å²) in [7, 11) is 0. The second kappa shape index (κ2) is 7.97. The lowest BCUT2D eigenvalue weighted by atomic mass is 10.3. The lowest BCUT2D eigenvalue weighted by Gasteiger charge is -2.26. The van der Waals surface area contributed by atoms with Crippen LogP contribution in [0.25, 0.3) is 0 Å². The van der Waals surface area contributed by atoms with Crippen LogP contribution in [0.4, 0.5) is 10.5 Å². The van der Waals surface area contributed by atoms with Crippen molar-refractivity contribution in [1.82, 2.24) is 10.2 Å². The van der Waals surface area contributed by atoms with Crippen molar-refractivity contribution in [3.63, 3.8) is 0 Å². The predicted octanol–water partition coefficient (Wildman–Crippen LogP) is 2.67. The van der Waals surface area contributed by atoms with Crippen molar-refractivity contribution in [1.29, 1.82) is 0 Å². The highest BCUT2D eigenvalue weighted by molar-refractivity contribution is 9.11. The van der Waals surface area contributed by atoms with Crippen molar-refractivity contribution in [3.8, 4) is 0 Å². The summed E-state index contributed by atoms with van der Waals surface area (Å²) >= 11 is 6.79. The molecule has 2 rings (SSSR count). The molecule has 1 aromatic rings. The zero-order chi connectivity index (χ0) is 14.4. The maximum Gasteiger partial charge on any atom is 0.319 e. The fourth-order valence-corrected chi connectivity index (χ4v) is 3.06. The molecule has 0 saturated carbocycles. The summed E-state index contributed by atoms with van der Waals surface area (Å²) in [4.78, 5) is 14.1. The second-order valence-corrected chi connectivity index (χ2v) is 6.23. The number of carbonyl (C=O) groups excluding carboxylic acids is 1. The fraction of sp³-hybridized carbons (Fsp3) is 0.462. The highest BCUT2D eigenvalue weighted by atomic mass is 79.9. The number of hydrogen-bond acceptors (Lipinski definition) is 3. The molecule has 7 heteroatoms. The topological polar surface area (TPSA) is 53.6 Å². The molecule has 20 heavy (non-hydrogen) atoms. The van der Waals surface area contributed by atoms with Gasteiger partial charge in [0, 0.05) is 35.1 Å². The number of nitrogens with zero attached hydrogens (tertiary/aromatic N) is 1. The van der Waals surface area contributed by atoms with E-state index in [1.54, 1.807) is 0 Å². The van der Waals surface area contributed by atoms with Crippen LogP contribution >= 0.6 is 31.9 Å². The summed E-state index contributed by atoms with van der Waals surface area (Å²) < 4.78 is 7.08. The van der Waals surface area contributed by atoms with Crippen LogP contribution in [-0.2, 0) is 4.74 Å². The SMILES string of the molecule is O=C(NCCN1CCOCC1)Nc1ccc(Br)cc1Br. The third-order valence-corrected chi connectivity index (χ3v) is 4.15. The number of halogens is 2. The third kappa shape index (κ3) is 5.05. The quantitative estimate of drug-likeness (QED) is 0.808. The van der Waals surface area contributed by atoms with Gasteiger partial charge in [0.25, 0.3) is 0 Å². The monoisotopic (exact) mass is 405 g/mol. The summed E-state index contributed by atoms with van der Waals surface area (Å²) in [6, 6.07) is 5.42. The number of amides is 2. The Bertz CT molecular complexity index is 465. The average molecular weight is 407 g/mol. The fourth-order valence-electron chi connectivity index (χ4n) is 1.91. The van der Waals surface area contributed by atoms with Crippen LogP contribution in [0.3, 0.4) is 0 Å². The molecule has 1 aliphatic rings. The largest absolute Gasteiger partial charge is 0.379 e. The molecular weight excluding hydrogens is 390 g/mol. The summed E-state index contributed by atoms with van der Waals surface area (Å²) in [5, 5.41) is 5.67. The Morgan fingerprint density at radius 2 is 2.05 bits per heavy atom. The number of rotatable bonds is 4. The highest BCUT2D eigenvalue weighted by Crippen LogP contribution is 2.25. The molecule has 1 saturated heterocycles. The van der Waals surface area contributed by atoms with Gasteiger partial charge in [0.1, 0.15) is 0 Å². The van der Waals surface area contributed by atoms with Gasteiger partial charge in [-0.3, -0.25) is 4.90 Å². The molecule has 0 spiro atoms. The van der Waals surface area contributed by atoms with Crippen molar-refractivity contribution >= 4 is 43.6 Å². The van der Waals surface area contributed by atoms with Gasteiger partial charge in [0.15, 0.2) is 0 Å². The third-order valence-electron chi connectivity index (χ3n) is 3.00. The van der Waals surface area contributed by atoms with Crippen LogP contribution in [0.1, 0.15) is 0 Å². The summed E-state index contributed by atoms with van der Waals surface area (Å²) in [6.45, 7) is 4.89. The number of ether oxygens (including phenoxy) is 1. The number of benzene rings is 1. The van der Waals surface area contributed by atoms with Gasteiger partial charge in [-0.1, -0.05) is 15.9 Å². The lowest BCUT2D eigenvalue weighted by Crippen LogP contribution is -2.42. The smallest absolute Gasteiger partial charge is 0.319 e. The van der Waals surface area contributed by atoms with E-state index in [1.165, 1.54) is 0 Å². The van der Waals surface area contributed by atoms with Crippen molar-refractivity contribution < 1.29 is 9.53 Å². The number of carbonyl (C=O) groups is 1. The molecule has 0 radical (unpaired) electrons. The number of hydrogen-bond donors (Lipinski definition) is 2. The van der Waals surface area contributed by atoms with Gasteiger partial charge in [-0.2, -0.15) is 0 Å². The van der Waals surface area contributed by atoms with E-state index in [4.69, 9.17) is 4.74 Å². The van der Waals surface area contributed by atoms with Crippen LogP contribution < -0.4 is 10.6 Å². The van der Waals surface area contributed by atoms with Crippen molar-refractivity contribution in [2.75, 3.05) is 44.7 Å². The molecule has 0 bridgehead atoms. The highest BCUT2D eigenvalue weighted by Gasteiger charge is 2.10. The van der Waals surface area contributed by atoms with Crippen molar-refractivity contribution in [3.05, 3.63) is 27.1 Å². The molecule has 5 nitrogen and oxygen atoms in total. The first kappa shape index (κ1) is 15.8. The van der Waals surface area contributed by atoms with Crippen LogP contribution in [0, 0.1) is 0 Å². The minimum absolute atomic E-state index is 0.193. The summed E-state index contributed by atoms with van der Waals surface area (Å²) in [6.07, 6.45) is 0. The van der Waals surface area contributed by atoms with E-state index in [2.05, 4.69) is 47.4 Å². The Morgan fingerprint density at radius 3 is 2.75 bits per heavy atom. The van der Waals surface area contributed by atoms with Crippen LogP contribution in [0.15, 0.2) is 27.1 Å². The molecule has 0 aromatic heterocycles. The molecule has 1 heterocycles. The van der Waals surface area contributed by atoms with E-state index in [-0.39, 0.29) is 6.03 Å². The van der Waals surface area contributed by atoms with Gasteiger partial charge in [0.05, 0.1) is 18.9 Å². The van der Waals surface area contributed by atoms with Crippen LogP contribution in [0.2, 0.25) is 0 Å². The van der Waals surface area contributed by atoms with E-state index in [9.17, 15) is 4.79 Å². The van der Waals surface area contributed by atoms with Gasteiger partial charge >= 0.3 is 6.03 Å². The maximum absolute atomic E-state index is 11.8. The van der Waals surface area contributed by atoms with Gasteiger partial charge in [-0.25, -0.2) is 4.79 Å². The number of urea groups is 1. The van der Waals surface area contributed by atoms with Crippen LogP contribution in [0.5, 0.6) is 0 Å². The normalized spacial score (nSPS) is 15.9. The molecule has 1 aromatic carbocycles. The minimum atomic E-state index is -0.193. The van der Waals surface area contributed by atoms with Gasteiger partial charge < -0.3 is 15.4 Å². The number of morpholine rings is 1. The summed E-state index contributed by atoms with van der Waals surface area (Å²) in [5.41, 5.74) is 0.747. The Balaban J connectivity index is 1.72. The molecule has 0 aliphatic carbocycles. The molecule has 0 unspecified atom stereocenters. The average Bonchev–Trinajstić information content (AvgIpc) is 2.43. The zero-order valence-corrected chi connectivity index (χ0v) is 14.2. The lowest BCUT2D eigenvalue weighted by molar-refractivity contribution is 0.0388. The van der Waals surface area contributed by atoms with Crippen molar-refractivity contribution in [2.24, 2.45) is 0 Å². The zero-order valence-electron chi connectivity index (χ0n) is 11.0. The molecule has 1 aliphatic heterocycles.